The molecule has 0 saturated carbocycles. The van der Waals surface area contributed by atoms with Crippen LogP contribution in [-0.4, -0.2) is 0 Å². The van der Waals surface area contributed by atoms with Crippen molar-refractivity contribution in [2.75, 3.05) is 0 Å². The molecule has 0 heterocycles. The molecule has 0 aromatic carbocycles. The third-order valence-electron chi connectivity index (χ3n) is 0.0913. The zero-order valence-electron chi connectivity index (χ0n) is 2.64. The van der Waals surface area contributed by atoms with Crippen LogP contribution in [0.25, 0.3) is 0 Å². The molecule has 0 aliphatic carbocycles. The standard InChI is InChI=1S/C2H4N2.W/c1-2-4-3;/h2-3H,1H2;. The molecule has 0 spiro atoms. The van der Waals surface area contributed by atoms with E-state index < -0.39 is 0 Å². The molecule has 0 aromatic rings. The first-order valence-electron chi connectivity index (χ1n) is 0.890. The Morgan fingerprint density at radius 3 is 2.00 bits per heavy atom. The normalized spacial score (nSPS) is 4.00. The third kappa shape index (κ3) is 15.7. The van der Waals surface area contributed by atoms with Crippen LogP contribution in [0.15, 0.2) is 17.9 Å². The van der Waals surface area contributed by atoms with E-state index >= 15 is 0 Å². The van der Waals surface area contributed by atoms with Crippen molar-refractivity contribution in [1.82, 2.24) is 0 Å². The zero-order chi connectivity index (χ0) is 3.41. The Hall–Kier alpha value is 0.0283. The summed E-state index contributed by atoms with van der Waals surface area (Å²) in [6.07, 6.45) is 1.17. The van der Waals surface area contributed by atoms with Crippen LogP contribution in [-0.2, 0) is 21.1 Å². The Labute approximate surface area is 45.0 Å². The van der Waals surface area contributed by atoms with Gasteiger partial charge in [0.1, 0.15) is 0 Å². The van der Waals surface area contributed by atoms with Crippen molar-refractivity contribution in [2.24, 2.45) is 5.11 Å². The van der Waals surface area contributed by atoms with E-state index in [0.717, 1.165) is 0 Å². The van der Waals surface area contributed by atoms with Crippen LogP contribution in [0.4, 0.5) is 0 Å². The minimum Gasteiger partial charge on any atom is -0.205 e. The van der Waals surface area contributed by atoms with E-state index in [9.17, 15) is 0 Å². The van der Waals surface area contributed by atoms with Crippen LogP contribution in [0, 0.1) is 5.53 Å². The average molecular weight is 240 g/mol. The Morgan fingerprint density at radius 2 is 2.00 bits per heavy atom. The summed E-state index contributed by atoms with van der Waals surface area (Å²) in [5.74, 6) is 0. The molecule has 0 fully saturated rings. The Bertz CT molecular complexity index is 28.6. The van der Waals surface area contributed by atoms with Crippen LogP contribution in [0.5, 0.6) is 0 Å². The van der Waals surface area contributed by atoms with E-state index in [1.54, 1.807) is 0 Å². The summed E-state index contributed by atoms with van der Waals surface area (Å²) >= 11 is 0. The van der Waals surface area contributed by atoms with Gasteiger partial charge >= 0.3 is 0 Å². The zero-order valence-corrected chi connectivity index (χ0v) is 5.57. The van der Waals surface area contributed by atoms with Crippen molar-refractivity contribution in [2.45, 2.75) is 0 Å². The quantitative estimate of drug-likeness (QED) is 0.667. The van der Waals surface area contributed by atoms with Gasteiger partial charge in [-0.2, -0.15) is 5.11 Å². The molecule has 0 unspecified atom stereocenters. The maximum absolute atomic E-state index is 5.96. The van der Waals surface area contributed by atoms with Crippen LogP contribution in [0.3, 0.4) is 0 Å². The van der Waals surface area contributed by atoms with Crippen molar-refractivity contribution in [3.05, 3.63) is 12.8 Å². The van der Waals surface area contributed by atoms with Gasteiger partial charge in [-0.1, -0.05) is 6.58 Å². The smallest absolute Gasteiger partial charge is 0.0416 e. The van der Waals surface area contributed by atoms with Gasteiger partial charge in [-0.15, -0.1) is 0 Å². The maximum atomic E-state index is 5.96. The summed E-state index contributed by atoms with van der Waals surface area (Å²) in [5.41, 5.74) is 5.96. The monoisotopic (exact) mass is 240 g/mol. The van der Waals surface area contributed by atoms with Gasteiger partial charge < -0.3 is 0 Å². The molecular weight excluding hydrogens is 236 g/mol. The summed E-state index contributed by atoms with van der Waals surface area (Å²) in [7, 11) is 0. The van der Waals surface area contributed by atoms with Gasteiger partial charge in [0.2, 0.25) is 0 Å². The number of nitrogens with one attached hydrogen (secondary N) is 1. The topological polar surface area (TPSA) is 36.2 Å². The van der Waals surface area contributed by atoms with Gasteiger partial charge in [0, 0.05) is 27.3 Å². The summed E-state index contributed by atoms with van der Waals surface area (Å²) in [5, 5.41) is 2.75. The number of nitrogens with zero attached hydrogens (tertiary/aromatic N) is 1. The molecule has 0 rings (SSSR count). The first-order chi connectivity index (χ1) is 1.91. The molecule has 0 aromatic heterocycles. The Balaban J connectivity index is 0. The molecule has 0 radical (unpaired) electrons. The minimum absolute atomic E-state index is 0. The number of rotatable bonds is 1. The molecule has 0 bridgehead atoms. The second kappa shape index (κ2) is 8.98. The van der Waals surface area contributed by atoms with Crippen LogP contribution in [0.1, 0.15) is 0 Å². The molecule has 0 saturated heterocycles. The van der Waals surface area contributed by atoms with Crippen molar-refractivity contribution in [3.8, 4) is 0 Å². The number of hydrogen-bond donors (Lipinski definition) is 1. The van der Waals surface area contributed by atoms with Crippen molar-refractivity contribution in [1.29, 1.82) is 5.53 Å². The molecule has 3 heteroatoms. The summed E-state index contributed by atoms with van der Waals surface area (Å²) in [6.45, 7) is 3.12. The van der Waals surface area contributed by atoms with Crippen LogP contribution in [0.2, 0.25) is 0 Å². The van der Waals surface area contributed by atoms with Gasteiger partial charge in [0.05, 0.1) is 0 Å². The fraction of sp³-hybridized carbons (Fsp3) is 0. The molecule has 28 valence electrons. The molecule has 0 aliphatic heterocycles. The van der Waals surface area contributed by atoms with E-state index in [1.165, 1.54) is 6.20 Å². The van der Waals surface area contributed by atoms with Crippen molar-refractivity contribution in [3.63, 3.8) is 0 Å². The average Bonchev–Trinajstić information content (AvgIpc) is 1.37. The summed E-state index contributed by atoms with van der Waals surface area (Å²) < 4.78 is 0. The van der Waals surface area contributed by atoms with Crippen LogP contribution >= 0.6 is 0 Å². The molecule has 0 atom stereocenters. The van der Waals surface area contributed by atoms with Crippen molar-refractivity contribution >= 4 is 0 Å². The molecule has 5 heavy (non-hydrogen) atoms. The second-order valence-electron chi connectivity index (χ2n) is 0.312. The van der Waals surface area contributed by atoms with Gasteiger partial charge in [0.15, 0.2) is 0 Å². The largest absolute Gasteiger partial charge is 0.205 e. The van der Waals surface area contributed by atoms with Gasteiger partial charge in [-0.3, -0.25) is 0 Å². The Morgan fingerprint density at radius 1 is 1.80 bits per heavy atom. The maximum Gasteiger partial charge on any atom is 0.0416 e. The van der Waals surface area contributed by atoms with E-state index in [2.05, 4.69) is 11.7 Å². The molecule has 2 nitrogen and oxygen atoms in total. The van der Waals surface area contributed by atoms with Gasteiger partial charge in [-0.25, -0.2) is 5.53 Å². The second-order valence-corrected chi connectivity index (χ2v) is 0.312. The van der Waals surface area contributed by atoms with E-state index in [0.29, 0.717) is 0 Å². The summed E-state index contributed by atoms with van der Waals surface area (Å²) in [4.78, 5) is 0. The molecule has 0 aliphatic rings. The molecule has 0 amide bonds. The SMILES string of the molecule is C=CN=N.[W]. The predicted octanol–water partition coefficient (Wildman–Crippen LogP) is 1.16. The van der Waals surface area contributed by atoms with Gasteiger partial charge in [-0.05, 0) is 0 Å². The molecular formula is C2H4N2W. The van der Waals surface area contributed by atoms with Gasteiger partial charge in [0.25, 0.3) is 0 Å². The minimum atomic E-state index is 0. The summed E-state index contributed by atoms with van der Waals surface area (Å²) in [6, 6.07) is 0. The fourth-order valence-corrected chi connectivity index (χ4v) is 0. The number of hydrogen-bond acceptors (Lipinski definition) is 2. The van der Waals surface area contributed by atoms with E-state index in [-0.39, 0.29) is 21.1 Å². The molecule has 1 N–H and O–H groups in total. The Kier molecular flexibility index (Phi) is 16.0. The fourth-order valence-electron chi connectivity index (χ4n) is 0. The van der Waals surface area contributed by atoms with Crippen molar-refractivity contribution < 1.29 is 21.1 Å². The van der Waals surface area contributed by atoms with E-state index in [4.69, 9.17) is 5.53 Å². The van der Waals surface area contributed by atoms with E-state index in [1.807, 2.05) is 0 Å². The third-order valence-corrected chi connectivity index (χ3v) is 0.0913. The van der Waals surface area contributed by atoms with Crippen LogP contribution < -0.4 is 0 Å². The first kappa shape index (κ1) is 8.90. The first-order valence-corrected chi connectivity index (χ1v) is 0.890. The predicted molar refractivity (Wildman–Crippen MR) is 15.3 cm³/mol.